The van der Waals surface area contributed by atoms with Crippen LogP contribution in [0.15, 0.2) is 54.6 Å². The van der Waals surface area contributed by atoms with Crippen LogP contribution >= 0.6 is 0 Å². The summed E-state index contributed by atoms with van der Waals surface area (Å²) in [6, 6.07) is 20.1. The van der Waals surface area contributed by atoms with Gasteiger partial charge in [-0.15, -0.1) is 0 Å². The van der Waals surface area contributed by atoms with Gasteiger partial charge in [-0.2, -0.15) is 0 Å². The Balaban J connectivity index is 1.82. The summed E-state index contributed by atoms with van der Waals surface area (Å²) in [5, 5.41) is 1.26. The third-order valence-electron chi connectivity index (χ3n) is 5.82. The fourth-order valence-electron chi connectivity index (χ4n) is 4.19. The van der Waals surface area contributed by atoms with E-state index in [2.05, 4.69) is 75.4 Å². The van der Waals surface area contributed by atoms with E-state index in [-0.39, 0.29) is 5.41 Å². The highest BCUT2D eigenvalue weighted by molar-refractivity contribution is 5.94. The zero-order chi connectivity index (χ0) is 18.1. The van der Waals surface area contributed by atoms with Gasteiger partial charge in [0.05, 0.1) is 5.52 Å². The lowest BCUT2D eigenvalue weighted by Crippen LogP contribution is -2.10. The number of rotatable bonds is 2. The van der Waals surface area contributed by atoms with Crippen molar-refractivity contribution in [2.24, 2.45) is 0 Å². The van der Waals surface area contributed by atoms with Crippen LogP contribution in [0.5, 0.6) is 0 Å². The van der Waals surface area contributed by atoms with Crippen LogP contribution in [-0.4, -0.2) is 4.98 Å². The molecular formula is C25H29N. The Hall–Kier alpha value is -2.15. The number of hydrogen-bond donors (Lipinski definition) is 0. The molecule has 1 aromatic heterocycles. The predicted octanol–water partition coefficient (Wildman–Crippen LogP) is 7.25. The van der Waals surface area contributed by atoms with Crippen LogP contribution < -0.4 is 0 Å². The van der Waals surface area contributed by atoms with Crippen molar-refractivity contribution in [1.29, 1.82) is 0 Å². The van der Waals surface area contributed by atoms with Gasteiger partial charge in [0.2, 0.25) is 0 Å². The lowest BCUT2D eigenvalue weighted by atomic mass is 9.84. The molecule has 1 fully saturated rings. The molecule has 1 nitrogen and oxygen atoms in total. The van der Waals surface area contributed by atoms with E-state index in [0.29, 0.717) is 5.92 Å². The summed E-state index contributed by atoms with van der Waals surface area (Å²) >= 11 is 0. The Morgan fingerprint density at radius 3 is 2.23 bits per heavy atom. The first-order valence-corrected chi connectivity index (χ1v) is 10.0. The van der Waals surface area contributed by atoms with E-state index in [4.69, 9.17) is 4.98 Å². The van der Waals surface area contributed by atoms with Gasteiger partial charge in [-0.25, -0.2) is 0 Å². The monoisotopic (exact) mass is 343 g/mol. The number of benzene rings is 2. The van der Waals surface area contributed by atoms with E-state index in [1.54, 1.807) is 0 Å². The fraction of sp³-hybridized carbons (Fsp3) is 0.400. The molecule has 0 radical (unpaired) electrons. The first-order valence-electron chi connectivity index (χ1n) is 10.0. The van der Waals surface area contributed by atoms with Gasteiger partial charge in [0, 0.05) is 17.0 Å². The van der Waals surface area contributed by atoms with E-state index in [9.17, 15) is 0 Å². The average molecular weight is 344 g/mol. The molecule has 0 saturated heterocycles. The molecule has 0 atom stereocenters. The second kappa shape index (κ2) is 6.87. The molecule has 134 valence electrons. The number of para-hydroxylation sites is 1. The first kappa shape index (κ1) is 17.3. The van der Waals surface area contributed by atoms with Crippen molar-refractivity contribution in [3.8, 4) is 11.1 Å². The number of fused-ring (bicyclic) bond motifs is 1. The minimum absolute atomic E-state index is 0.187. The molecule has 3 aromatic rings. The van der Waals surface area contributed by atoms with Gasteiger partial charge in [0.1, 0.15) is 0 Å². The highest BCUT2D eigenvalue weighted by Gasteiger charge is 2.19. The molecule has 0 unspecified atom stereocenters. The number of hydrogen-bond acceptors (Lipinski definition) is 1. The van der Waals surface area contributed by atoms with Crippen LogP contribution in [0.2, 0.25) is 0 Å². The maximum absolute atomic E-state index is 5.04. The van der Waals surface area contributed by atoms with Gasteiger partial charge < -0.3 is 0 Å². The van der Waals surface area contributed by atoms with E-state index >= 15 is 0 Å². The second-order valence-electron chi connectivity index (χ2n) is 8.77. The summed E-state index contributed by atoms with van der Waals surface area (Å²) in [6.07, 6.45) is 6.64. The maximum Gasteiger partial charge on any atom is 0.0711 e. The molecule has 26 heavy (non-hydrogen) atoms. The molecule has 0 N–H and O–H groups in total. The molecule has 1 saturated carbocycles. The molecule has 0 aliphatic heterocycles. The Morgan fingerprint density at radius 2 is 1.54 bits per heavy atom. The summed E-state index contributed by atoms with van der Waals surface area (Å²) in [7, 11) is 0. The van der Waals surface area contributed by atoms with Crippen LogP contribution in [0.3, 0.4) is 0 Å². The Labute approximate surface area is 157 Å². The molecule has 1 heterocycles. The zero-order valence-electron chi connectivity index (χ0n) is 16.3. The Kier molecular flexibility index (Phi) is 4.56. The van der Waals surface area contributed by atoms with Crippen molar-refractivity contribution < 1.29 is 0 Å². The minimum Gasteiger partial charge on any atom is -0.253 e. The quantitative estimate of drug-likeness (QED) is 0.477. The molecule has 1 aliphatic rings. The van der Waals surface area contributed by atoms with Crippen molar-refractivity contribution >= 4 is 10.9 Å². The van der Waals surface area contributed by atoms with Gasteiger partial charge in [-0.3, -0.25) is 4.98 Å². The summed E-state index contributed by atoms with van der Waals surface area (Å²) < 4.78 is 0. The highest BCUT2D eigenvalue weighted by Crippen LogP contribution is 2.36. The fourth-order valence-corrected chi connectivity index (χ4v) is 4.19. The van der Waals surface area contributed by atoms with Gasteiger partial charge >= 0.3 is 0 Å². The van der Waals surface area contributed by atoms with Crippen molar-refractivity contribution in [1.82, 2.24) is 4.98 Å². The molecular weight excluding hydrogens is 314 g/mol. The van der Waals surface area contributed by atoms with Crippen molar-refractivity contribution in [2.45, 2.75) is 64.2 Å². The standard InChI is InChI=1S/C25H29N/c1-25(2,3)20-15-13-18(14-16-20)22-17-24(19-9-5-4-6-10-19)26-23-12-8-7-11-21(22)23/h7-8,11-17,19H,4-6,9-10H2,1-3H3. The van der Waals surface area contributed by atoms with Crippen LogP contribution in [0.4, 0.5) is 0 Å². The molecule has 1 heteroatoms. The number of nitrogens with zero attached hydrogens (tertiary/aromatic N) is 1. The summed E-state index contributed by atoms with van der Waals surface area (Å²) in [5.41, 5.74) is 6.62. The van der Waals surface area contributed by atoms with Crippen LogP contribution in [-0.2, 0) is 5.41 Å². The Morgan fingerprint density at radius 1 is 0.846 bits per heavy atom. The van der Waals surface area contributed by atoms with Gasteiger partial charge in [0.25, 0.3) is 0 Å². The lowest BCUT2D eigenvalue weighted by Gasteiger charge is -2.23. The van der Waals surface area contributed by atoms with E-state index < -0.39 is 0 Å². The normalized spacial score (nSPS) is 16.1. The topological polar surface area (TPSA) is 12.9 Å². The average Bonchev–Trinajstić information content (AvgIpc) is 2.67. The van der Waals surface area contributed by atoms with Crippen LogP contribution in [0.25, 0.3) is 22.0 Å². The smallest absolute Gasteiger partial charge is 0.0711 e. The third kappa shape index (κ3) is 3.40. The molecule has 0 amide bonds. The second-order valence-corrected chi connectivity index (χ2v) is 8.77. The number of pyridine rings is 1. The zero-order valence-corrected chi connectivity index (χ0v) is 16.3. The Bertz CT molecular complexity index is 894. The van der Waals surface area contributed by atoms with Gasteiger partial charge in [0.15, 0.2) is 0 Å². The molecule has 4 rings (SSSR count). The molecule has 1 aliphatic carbocycles. The summed E-state index contributed by atoms with van der Waals surface area (Å²) in [6.45, 7) is 6.81. The molecule has 2 aromatic carbocycles. The molecule has 0 bridgehead atoms. The van der Waals surface area contributed by atoms with Crippen LogP contribution in [0.1, 0.15) is 70.1 Å². The third-order valence-corrected chi connectivity index (χ3v) is 5.82. The maximum atomic E-state index is 5.04. The summed E-state index contributed by atoms with van der Waals surface area (Å²) in [5.74, 6) is 0.626. The largest absolute Gasteiger partial charge is 0.253 e. The van der Waals surface area contributed by atoms with E-state index in [1.807, 2.05) is 0 Å². The molecule has 0 spiro atoms. The van der Waals surface area contributed by atoms with Crippen molar-refractivity contribution in [2.75, 3.05) is 0 Å². The lowest BCUT2D eigenvalue weighted by molar-refractivity contribution is 0.437. The van der Waals surface area contributed by atoms with E-state index in [1.165, 1.54) is 59.9 Å². The first-order chi connectivity index (χ1) is 12.5. The van der Waals surface area contributed by atoms with Gasteiger partial charge in [-0.1, -0.05) is 82.5 Å². The SMILES string of the molecule is CC(C)(C)c1ccc(-c2cc(C3CCCCC3)nc3ccccc23)cc1. The highest BCUT2D eigenvalue weighted by atomic mass is 14.7. The van der Waals surface area contributed by atoms with Crippen LogP contribution in [0, 0.1) is 0 Å². The van der Waals surface area contributed by atoms with Crippen molar-refractivity contribution in [3.05, 3.63) is 65.9 Å². The van der Waals surface area contributed by atoms with E-state index in [0.717, 1.165) is 5.52 Å². The predicted molar refractivity (Wildman–Crippen MR) is 112 cm³/mol. The van der Waals surface area contributed by atoms with Crippen molar-refractivity contribution in [3.63, 3.8) is 0 Å². The van der Waals surface area contributed by atoms with Gasteiger partial charge in [-0.05, 0) is 47.1 Å². The minimum atomic E-state index is 0.187. The number of aromatic nitrogens is 1. The summed E-state index contributed by atoms with van der Waals surface area (Å²) in [4.78, 5) is 5.04.